The van der Waals surface area contributed by atoms with Gasteiger partial charge in [0.15, 0.2) is 0 Å². The van der Waals surface area contributed by atoms with Crippen LogP contribution >= 0.6 is 0 Å². The lowest BCUT2D eigenvalue weighted by molar-refractivity contribution is 0.304. The molecule has 1 aromatic rings. The SMILES string of the molecule is [CH2]C(C)(N)CC=Cc1ccc(OCCCCCCCCCC)cc1. The van der Waals surface area contributed by atoms with Gasteiger partial charge in [0.25, 0.3) is 0 Å². The van der Waals surface area contributed by atoms with Crippen molar-refractivity contribution in [2.75, 3.05) is 6.61 Å². The molecule has 0 amide bonds. The average molecular weight is 331 g/mol. The molecular formula is C22H36NO. The molecule has 0 aliphatic heterocycles. The van der Waals surface area contributed by atoms with Crippen LogP contribution < -0.4 is 10.5 Å². The number of hydrogen-bond donors (Lipinski definition) is 1. The molecule has 1 unspecified atom stereocenters. The smallest absolute Gasteiger partial charge is 0.119 e. The van der Waals surface area contributed by atoms with Crippen LogP contribution in [0.3, 0.4) is 0 Å². The van der Waals surface area contributed by atoms with Crippen LogP contribution in [-0.4, -0.2) is 12.1 Å². The average Bonchev–Trinajstić information content (AvgIpc) is 2.53. The lowest BCUT2D eigenvalue weighted by Crippen LogP contribution is -2.31. The molecule has 0 heterocycles. The fourth-order valence-corrected chi connectivity index (χ4v) is 2.57. The highest BCUT2D eigenvalue weighted by molar-refractivity contribution is 5.50. The summed E-state index contributed by atoms with van der Waals surface area (Å²) < 4.78 is 5.81. The monoisotopic (exact) mass is 330 g/mol. The molecule has 0 aliphatic carbocycles. The molecule has 2 nitrogen and oxygen atoms in total. The normalized spacial score (nSPS) is 12.0. The third kappa shape index (κ3) is 11.3. The number of ether oxygens (including phenoxy) is 1. The minimum Gasteiger partial charge on any atom is -0.494 e. The first-order chi connectivity index (χ1) is 11.5. The summed E-state index contributed by atoms with van der Waals surface area (Å²) in [7, 11) is 0. The lowest BCUT2D eigenvalue weighted by Gasteiger charge is -2.14. The highest BCUT2D eigenvalue weighted by Gasteiger charge is 2.06. The Morgan fingerprint density at radius 2 is 1.58 bits per heavy atom. The van der Waals surface area contributed by atoms with Crippen molar-refractivity contribution in [3.05, 3.63) is 42.8 Å². The second kappa shape index (κ2) is 12.1. The number of rotatable bonds is 13. The zero-order chi connectivity index (χ0) is 17.7. The van der Waals surface area contributed by atoms with Crippen LogP contribution in [0.5, 0.6) is 5.75 Å². The van der Waals surface area contributed by atoms with Crippen molar-refractivity contribution in [2.45, 2.75) is 77.2 Å². The van der Waals surface area contributed by atoms with Gasteiger partial charge < -0.3 is 10.5 Å². The van der Waals surface area contributed by atoms with Gasteiger partial charge in [-0.3, -0.25) is 0 Å². The molecule has 0 aliphatic rings. The first-order valence-corrected chi connectivity index (χ1v) is 9.55. The molecular weight excluding hydrogens is 294 g/mol. The Labute approximate surface area is 149 Å². The van der Waals surface area contributed by atoms with Crippen molar-refractivity contribution >= 4 is 6.08 Å². The third-order valence-electron chi connectivity index (χ3n) is 4.04. The van der Waals surface area contributed by atoms with E-state index in [9.17, 15) is 0 Å². The van der Waals surface area contributed by atoms with E-state index in [-0.39, 0.29) is 0 Å². The molecule has 2 heteroatoms. The van der Waals surface area contributed by atoms with Crippen molar-refractivity contribution in [3.63, 3.8) is 0 Å². The minimum absolute atomic E-state index is 0.393. The molecule has 1 rings (SSSR count). The highest BCUT2D eigenvalue weighted by atomic mass is 16.5. The number of benzene rings is 1. The zero-order valence-corrected chi connectivity index (χ0v) is 15.7. The molecule has 0 aromatic heterocycles. The molecule has 1 aromatic carbocycles. The summed E-state index contributed by atoms with van der Waals surface area (Å²) >= 11 is 0. The molecule has 0 saturated carbocycles. The maximum absolute atomic E-state index is 5.86. The Morgan fingerprint density at radius 1 is 1.00 bits per heavy atom. The van der Waals surface area contributed by atoms with Gasteiger partial charge in [0.1, 0.15) is 5.75 Å². The first-order valence-electron chi connectivity index (χ1n) is 9.55. The fourth-order valence-electron chi connectivity index (χ4n) is 2.57. The van der Waals surface area contributed by atoms with E-state index >= 15 is 0 Å². The van der Waals surface area contributed by atoms with E-state index in [1.54, 1.807) is 0 Å². The Balaban J connectivity index is 2.12. The largest absolute Gasteiger partial charge is 0.494 e. The second-order valence-electron chi connectivity index (χ2n) is 7.15. The van der Waals surface area contributed by atoms with Crippen LogP contribution in [0, 0.1) is 6.92 Å². The molecule has 0 fully saturated rings. The van der Waals surface area contributed by atoms with Gasteiger partial charge in [0, 0.05) is 5.54 Å². The Hall–Kier alpha value is -1.28. The van der Waals surface area contributed by atoms with E-state index in [0.717, 1.165) is 25.2 Å². The van der Waals surface area contributed by atoms with Gasteiger partial charge in [-0.05, 0) is 44.4 Å². The van der Waals surface area contributed by atoms with E-state index in [0.29, 0.717) is 0 Å². The van der Waals surface area contributed by atoms with Crippen molar-refractivity contribution in [1.29, 1.82) is 0 Å². The van der Waals surface area contributed by atoms with Crippen LogP contribution in [0.15, 0.2) is 30.3 Å². The van der Waals surface area contributed by atoms with Crippen molar-refractivity contribution in [1.82, 2.24) is 0 Å². The van der Waals surface area contributed by atoms with Crippen LogP contribution in [0.25, 0.3) is 6.08 Å². The Kier molecular flexibility index (Phi) is 10.5. The van der Waals surface area contributed by atoms with E-state index in [1.807, 2.05) is 19.1 Å². The topological polar surface area (TPSA) is 35.2 Å². The van der Waals surface area contributed by atoms with Crippen molar-refractivity contribution < 1.29 is 4.74 Å². The number of unbranched alkanes of at least 4 members (excludes halogenated alkanes) is 7. The quantitative estimate of drug-likeness (QED) is 0.439. The van der Waals surface area contributed by atoms with E-state index in [4.69, 9.17) is 10.5 Å². The molecule has 1 atom stereocenters. The molecule has 24 heavy (non-hydrogen) atoms. The summed E-state index contributed by atoms with van der Waals surface area (Å²) in [6.45, 7) is 8.90. The molecule has 1 radical (unpaired) electrons. The molecule has 135 valence electrons. The van der Waals surface area contributed by atoms with Gasteiger partial charge in [-0.2, -0.15) is 0 Å². The number of nitrogens with two attached hydrogens (primary N) is 1. The molecule has 0 saturated heterocycles. The van der Waals surface area contributed by atoms with Crippen LogP contribution in [0.2, 0.25) is 0 Å². The fraction of sp³-hybridized carbons (Fsp3) is 0.591. The first kappa shape index (κ1) is 20.8. The number of hydrogen-bond acceptors (Lipinski definition) is 2. The van der Waals surface area contributed by atoms with Gasteiger partial charge in [0.2, 0.25) is 0 Å². The molecule has 2 N–H and O–H groups in total. The minimum atomic E-state index is -0.393. The molecule has 0 spiro atoms. The predicted octanol–water partition coefficient (Wildman–Crippen LogP) is 6.16. The Bertz CT molecular complexity index is 442. The zero-order valence-electron chi connectivity index (χ0n) is 15.7. The van der Waals surface area contributed by atoms with Gasteiger partial charge >= 0.3 is 0 Å². The summed E-state index contributed by atoms with van der Waals surface area (Å²) in [5, 5.41) is 0. The van der Waals surface area contributed by atoms with Gasteiger partial charge in [-0.15, -0.1) is 0 Å². The van der Waals surface area contributed by atoms with Gasteiger partial charge in [-0.25, -0.2) is 0 Å². The third-order valence-corrected chi connectivity index (χ3v) is 4.04. The highest BCUT2D eigenvalue weighted by Crippen LogP contribution is 2.15. The summed E-state index contributed by atoms with van der Waals surface area (Å²) in [6.07, 6.45) is 15.5. The maximum atomic E-state index is 5.86. The van der Waals surface area contributed by atoms with Gasteiger partial charge in [-0.1, -0.05) is 76.2 Å². The Morgan fingerprint density at radius 3 is 2.17 bits per heavy atom. The van der Waals surface area contributed by atoms with Crippen LogP contribution in [0.1, 0.15) is 77.2 Å². The summed E-state index contributed by atoms with van der Waals surface area (Å²) in [4.78, 5) is 0. The molecule has 0 bridgehead atoms. The van der Waals surface area contributed by atoms with E-state index in [2.05, 4.69) is 38.1 Å². The standard InChI is InChI=1S/C22H36NO/c1-4-5-6-7-8-9-10-11-19-24-21-16-14-20(15-17-21)13-12-18-22(2,3)23/h12-17H,2,4-11,18-19,23H2,1,3H3. The van der Waals surface area contributed by atoms with Crippen molar-refractivity contribution in [3.8, 4) is 5.75 Å². The lowest BCUT2D eigenvalue weighted by atomic mass is 10.0. The summed E-state index contributed by atoms with van der Waals surface area (Å²) in [5.74, 6) is 0.955. The van der Waals surface area contributed by atoms with Gasteiger partial charge in [0.05, 0.1) is 6.61 Å². The predicted molar refractivity (Wildman–Crippen MR) is 106 cm³/mol. The summed E-state index contributed by atoms with van der Waals surface area (Å²) in [6, 6.07) is 8.24. The van der Waals surface area contributed by atoms with Crippen LogP contribution in [-0.2, 0) is 0 Å². The van der Waals surface area contributed by atoms with Crippen molar-refractivity contribution in [2.24, 2.45) is 5.73 Å². The van der Waals surface area contributed by atoms with E-state index < -0.39 is 5.54 Å². The van der Waals surface area contributed by atoms with Crippen LogP contribution in [0.4, 0.5) is 0 Å². The second-order valence-corrected chi connectivity index (χ2v) is 7.15. The summed E-state index contributed by atoms with van der Waals surface area (Å²) in [5.41, 5.74) is 6.63. The van der Waals surface area contributed by atoms with E-state index in [1.165, 1.54) is 50.5 Å². The maximum Gasteiger partial charge on any atom is 0.119 e.